The molecular formula is C18H22ClNO3S. The molecule has 1 aromatic carbocycles. The second kappa shape index (κ2) is 6.26. The van der Waals surface area contributed by atoms with Crippen LogP contribution in [-0.2, 0) is 4.74 Å². The standard InChI is InChI=1S/C18H22ClNO3S/c1-17(2,3)23-16(22)20-8-6-18(7-9-20)11-14(21)13-5-4-12(19)10-15(13)24-18/h4-5,10H,6-9,11H2,1-3H3. The minimum Gasteiger partial charge on any atom is -0.444 e. The van der Waals surface area contributed by atoms with E-state index in [0.717, 1.165) is 23.3 Å². The maximum atomic E-state index is 12.5. The van der Waals surface area contributed by atoms with Crippen LogP contribution in [0, 0.1) is 0 Å². The van der Waals surface area contributed by atoms with Crippen LogP contribution < -0.4 is 0 Å². The monoisotopic (exact) mass is 367 g/mol. The number of likely N-dealkylation sites (tertiary alicyclic amines) is 1. The number of amides is 1. The molecule has 6 heteroatoms. The Bertz CT molecular complexity index is 675. The van der Waals surface area contributed by atoms with Gasteiger partial charge in [0.25, 0.3) is 0 Å². The number of ether oxygens (including phenoxy) is 1. The van der Waals surface area contributed by atoms with Crippen molar-refractivity contribution in [3.63, 3.8) is 0 Å². The number of benzene rings is 1. The summed E-state index contributed by atoms with van der Waals surface area (Å²) in [5, 5.41) is 0.650. The minimum atomic E-state index is -0.489. The summed E-state index contributed by atoms with van der Waals surface area (Å²) in [5.74, 6) is 0.172. The van der Waals surface area contributed by atoms with E-state index in [1.165, 1.54) is 0 Å². The third kappa shape index (κ3) is 3.72. The van der Waals surface area contributed by atoms with E-state index in [0.29, 0.717) is 24.5 Å². The number of Topliss-reactive ketones (excluding diaryl/α,β-unsaturated/α-hetero) is 1. The van der Waals surface area contributed by atoms with Crippen molar-refractivity contribution in [3.05, 3.63) is 28.8 Å². The number of halogens is 1. The van der Waals surface area contributed by atoms with Gasteiger partial charge in [0.2, 0.25) is 0 Å². The average Bonchev–Trinajstić information content (AvgIpc) is 2.45. The summed E-state index contributed by atoms with van der Waals surface area (Å²) in [5.41, 5.74) is 0.280. The Morgan fingerprint density at radius 1 is 1.29 bits per heavy atom. The highest BCUT2D eigenvalue weighted by Crippen LogP contribution is 2.49. The van der Waals surface area contributed by atoms with Gasteiger partial charge in [0.05, 0.1) is 0 Å². The predicted molar refractivity (Wildman–Crippen MR) is 96.0 cm³/mol. The summed E-state index contributed by atoms with van der Waals surface area (Å²) in [6.45, 7) is 6.84. The van der Waals surface area contributed by atoms with Crippen molar-refractivity contribution in [2.24, 2.45) is 0 Å². The molecule has 1 amide bonds. The van der Waals surface area contributed by atoms with Gasteiger partial charge in [-0.25, -0.2) is 4.79 Å². The van der Waals surface area contributed by atoms with E-state index < -0.39 is 5.60 Å². The number of nitrogens with zero attached hydrogens (tertiary/aromatic N) is 1. The van der Waals surface area contributed by atoms with E-state index in [2.05, 4.69) is 0 Å². The van der Waals surface area contributed by atoms with Gasteiger partial charge in [0.15, 0.2) is 5.78 Å². The highest BCUT2D eigenvalue weighted by Gasteiger charge is 2.43. The highest BCUT2D eigenvalue weighted by atomic mass is 35.5. The molecule has 1 saturated heterocycles. The second-order valence-electron chi connectivity index (χ2n) is 7.49. The number of rotatable bonds is 0. The first-order valence-corrected chi connectivity index (χ1v) is 9.37. The van der Waals surface area contributed by atoms with E-state index in [-0.39, 0.29) is 16.6 Å². The minimum absolute atomic E-state index is 0.132. The quantitative estimate of drug-likeness (QED) is 0.661. The SMILES string of the molecule is CC(C)(C)OC(=O)N1CCC2(CC1)CC(=O)c1ccc(Cl)cc1S2. The molecule has 3 rings (SSSR count). The smallest absolute Gasteiger partial charge is 0.410 e. The first-order valence-electron chi connectivity index (χ1n) is 8.17. The van der Waals surface area contributed by atoms with Gasteiger partial charge in [-0.3, -0.25) is 4.79 Å². The van der Waals surface area contributed by atoms with Crippen LogP contribution in [0.25, 0.3) is 0 Å². The Hall–Kier alpha value is -1.20. The molecule has 2 aliphatic heterocycles. The van der Waals surface area contributed by atoms with Gasteiger partial charge in [0, 0.05) is 39.7 Å². The molecule has 130 valence electrons. The number of thioether (sulfide) groups is 1. The predicted octanol–water partition coefficient (Wildman–Crippen LogP) is 4.79. The molecule has 0 bridgehead atoms. The second-order valence-corrected chi connectivity index (χ2v) is 9.44. The lowest BCUT2D eigenvalue weighted by molar-refractivity contribution is 0.0196. The van der Waals surface area contributed by atoms with E-state index >= 15 is 0 Å². The van der Waals surface area contributed by atoms with E-state index in [4.69, 9.17) is 16.3 Å². The van der Waals surface area contributed by atoms with Gasteiger partial charge in [-0.05, 0) is 51.8 Å². The molecule has 0 saturated carbocycles. The third-order valence-corrected chi connectivity index (χ3v) is 6.16. The van der Waals surface area contributed by atoms with Crippen molar-refractivity contribution in [2.75, 3.05) is 13.1 Å². The molecular weight excluding hydrogens is 346 g/mol. The van der Waals surface area contributed by atoms with Gasteiger partial charge >= 0.3 is 6.09 Å². The zero-order valence-electron chi connectivity index (χ0n) is 14.2. The molecule has 4 nitrogen and oxygen atoms in total. The molecule has 1 aromatic rings. The molecule has 0 aliphatic carbocycles. The van der Waals surface area contributed by atoms with Crippen molar-refractivity contribution in [2.45, 2.75) is 55.3 Å². The number of hydrogen-bond donors (Lipinski definition) is 0. The topological polar surface area (TPSA) is 46.6 Å². The molecule has 0 radical (unpaired) electrons. The fourth-order valence-electron chi connectivity index (χ4n) is 3.17. The molecule has 2 heterocycles. The molecule has 1 fully saturated rings. The normalized spacial score (nSPS) is 20.0. The van der Waals surface area contributed by atoms with Crippen LogP contribution in [0.3, 0.4) is 0 Å². The summed E-state index contributed by atoms with van der Waals surface area (Å²) in [6.07, 6.45) is 1.82. The van der Waals surface area contributed by atoms with E-state index in [1.54, 1.807) is 22.7 Å². The van der Waals surface area contributed by atoms with Gasteiger partial charge in [-0.1, -0.05) is 11.6 Å². The molecule has 1 spiro atoms. The number of piperidine rings is 1. The van der Waals surface area contributed by atoms with Crippen molar-refractivity contribution < 1.29 is 14.3 Å². The Labute approximate surface area is 151 Å². The summed E-state index contributed by atoms with van der Waals surface area (Å²) in [4.78, 5) is 27.4. The zero-order chi connectivity index (χ0) is 17.5. The van der Waals surface area contributed by atoms with E-state index in [9.17, 15) is 9.59 Å². The van der Waals surface area contributed by atoms with Crippen LogP contribution in [0.15, 0.2) is 23.1 Å². The maximum absolute atomic E-state index is 12.5. The summed E-state index contributed by atoms with van der Waals surface area (Å²) >= 11 is 7.82. The largest absolute Gasteiger partial charge is 0.444 e. The Morgan fingerprint density at radius 2 is 1.96 bits per heavy atom. The molecule has 0 N–H and O–H groups in total. The third-order valence-electron chi connectivity index (χ3n) is 4.38. The number of ketones is 1. The van der Waals surface area contributed by atoms with Crippen molar-refractivity contribution >= 4 is 35.2 Å². The first-order chi connectivity index (χ1) is 11.2. The fourth-order valence-corrected chi connectivity index (χ4v) is 4.94. The van der Waals surface area contributed by atoms with Crippen LogP contribution in [0.2, 0.25) is 5.02 Å². The highest BCUT2D eigenvalue weighted by molar-refractivity contribution is 8.01. The average molecular weight is 368 g/mol. The van der Waals surface area contributed by atoms with Gasteiger partial charge < -0.3 is 9.64 Å². The lowest BCUT2D eigenvalue weighted by Gasteiger charge is -2.43. The van der Waals surface area contributed by atoms with Gasteiger partial charge in [-0.2, -0.15) is 0 Å². The maximum Gasteiger partial charge on any atom is 0.410 e. The Balaban J connectivity index is 1.70. The van der Waals surface area contributed by atoms with Crippen LogP contribution >= 0.6 is 23.4 Å². The lowest BCUT2D eigenvalue weighted by Crippen LogP contribution is -2.48. The lowest BCUT2D eigenvalue weighted by atomic mass is 9.88. The molecule has 0 unspecified atom stereocenters. The van der Waals surface area contributed by atoms with Crippen LogP contribution in [-0.4, -0.2) is 40.2 Å². The summed E-state index contributed by atoms with van der Waals surface area (Å²) in [7, 11) is 0. The van der Waals surface area contributed by atoms with Crippen LogP contribution in [0.4, 0.5) is 4.79 Å². The Kier molecular flexibility index (Phi) is 4.60. The molecule has 24 heavy (non-hydrogen) atoms. The van der Waals surface area contributed by atoms with E-state index in [1.807, 2.05) is 32.9 Å². The number of fused-ring (bicyclic) bond motifs is 1. The van der Waals surface area contributed by atoms with Crippen molar-refractivity contribution in [1.82, 2.24) is 4.90 Å². The number of carbonyl (C=O) groups is 2. The fraction of sp³-hybridized carbons (Fsp3) is 0.556. The molecule has 2 aliphatic rings. The number of hydrogen-bond acceptors (Lipinski definition) is 4. The van der Waals surface area contributed by atoms with Crippen molar-refractivity contribution in [3.8, 4) is 0 Å². The van der Waals surface area contributed by atoms with Gasteiger partial charge in [-0.15, -0.1) is 11.8 Å². The first kappa shape index (κ1) is 17.6. The van der Waals surface area contributed by atoms with Gasteiger partial charge in [0.1, 0.15) is 5.60 Å². The Morgan fingerprint density at radius 3 is 2.58 bits per heavy atom. The van der Waals surface area contributed by atoms with Crippen LogP contribution in [0.1, 0.15) is 50.4 Å². The van der Waals surface area contributed by atoms with Crippen molar-refractivity contribution in [1.29, 1.82) is 0 Å². The summed E-state index contributed by atoms with van der Waals surface area (Å²) in [6, 6.07) is 5.46. The molecule has 0 atom stereocenters. The van der Waals surface area contributed by atoms with Crippen LogP contribution in [0.5, 0.6) is 0 Å². The number of carbonyl (C=O) groups excluding carboxylic acids is 2. The molecule has 0 aromatic heterocycles. The zero-order valence-corrected chi connectivity index (χ0v) is 15.8. The summed E-state index contributed by atoms with van der Waals surface area (Å²) < 4.78 is 5.31.